The fourth-order valence-corrected chi connectivity index (χ4v) is 13.4. The Bertz CT molecular complexity index is 4910. The van der Waals surface area contributed by atoms with E-state index in [-0.39, 0.29) is 87.7 Å². The highest BCUT2D eigenvalue weighted by molar-refractivity contribution is 6.06. The number of rotatable bonds is 20. The lowest BCUT2D eigenvalue weighted by Crippen LogP contribution is -2.45. The molecule has 0 atom stereocenters. The Morgan fingerprint density at radius 1 is 0.495 bits per heavy atom. The Balaban J connectivity index is 0.000000135. The fourth-order valence-electron chi connectivity index (χ4n) is 13.4. The van der Waals surface area contributed by atoms with Crippen LogP contribution in [0.2, 0.25) is 0 Å². The molecule has 3 amide bonds. The van der Waals surface area contributed by atoms with E-state index in [0.29, 0.717) is 71.0 Å². The first-order valence-corrected chi connectivity index (χ1v) is 34.9. The van der Waals surface area contributed by atoms with E-state index in [2.05, 4.69) is 96.5 Å². The van der Waals surface area contributed by atoms with Crippen LogP contribution in [0.1, 0.15) is 140 Å². The van der Waals surface area contributed by atoms with Crippen LogP contribution >= 0.6 is 0 Å². The highest BCUT2D eigenvalue weighted by atomic mass is 19.2. The van der Waals surface area contributed by atoms with Gasteiger partial charge in [0.25, 0.3) is 17.7 Å². The summed E-state index contributed by atoms with van der Waals surface area (Å²) in [5.74, 6) is -6.71. The number of aromatic nitrogens is 19. The zero-order chi connectivity index (χ0) is 73.9. The summed E-state index contributed by atoms with van der Waals surface area (Å²) >= 11 is 0. The Morgan fingerprint density at radius 2 is 0.935 bits per heavy atom. The molecule has 556 valence electrons. The van der Waals surface area contributed by atoms with Gasteiger partial charge >= 0.3 is 0 Å². The molecule has 4 aliphatic rings. The van der Waals surface area contributed by atoms with Crippen molar-refractivity contribution in [1.82, 2.24) is 99.7 Å². The normalized spacial score (nSPS) is 18.9. The van der Waals surface area contributed by atoms with Gasteiger partial charge in [-0.3, -0.25) is 58.6 Å². The molecular weight excluding hydrogens is 1400 g/mol. The molecule has 1 saturated heterocycles. The van der Waals surface area contributed by atoms with Gasteiger partial charge in [-0.25, -0.2) is 38.1 Å². The number of pyridine rings is 2. The number of ether oxygens (including phenoxy) is 3. The quantitative estimate of drug-likeness (QED) is 0.0305. The van der Waals surface area contributed by atoms with Crippen molar-refractivity contribution in [3.05, 3.63) is 158 Å². The molecule has 0 spiro atoms. The molecule has 16 rings (SSSR count). The van der Waals surface area contributed by atoms with Crippen molar-refractivity contribution in [3.63, 3.8) is 0 Å². The van der Waals surface area contributed by atoms with Gasteiger partial charge in [0.05, 0.1) is 108 Å². The number of oxazole rings is 3. The predicted molar refractivity (Wildman–Crippen MR) is 370 cm³/mol. The second-order valence-electron chi connectivity index (χ2n) is 25.6. The van der Waals surface area contributed by atoms with Crippen molar-refractivity contribution in [2.75, 3.05) is 55.5 Å². The zero-order valence-corrected chi connectivity index (χ0v) is 57.8. The van der Waals surface area contributed by atoms with Crippen molar-refractivity contribution in [2.24, 2.45) is 0 Å². The predicted octanol–water partition coefficient (Wildman–Crippen LogP) is 11.7. The molecule has 37 heteroatoms. The SMILES string of the molecule is CCOC1CCC(n2cc(NC(=O)c3coc(-c4cn[nH]c4)n3)c(-c3cc(F)cc(F)n3)n2)CC1.CCOC1CCC(n2cc(NC(=O)c3coc(-c4cn[nH]c4)n3)c(-c3nc(F)c(F)cc3F)n2)CC1.O=C(Nc1cn(C2CCC(N3CCOCC3)CC2)nc1-c1cnccn1)c1coc(-c2cn[nH]c2)n1. The molecule has 0 radical (unpaired) electrons. The third kappa shape index (κ3) is 17.1. The zero-order valence-electron chi connectivity index (χ0n) is 57.8. The number of H-pyrrole nitrogens is 3. The summed E-state index contributed by atoms with van der Waals surface area (Å²) in [5.41, 5.74) is 3.43. The van der Waals surface area contributed by atoms with Gasteiger partial charge in [-0.1, -0.05) is 0 Å². The van der Waals surface area contributed by atoms with Crippen LogP contribution in [0.5, 0.6) is 0 Å². The molecule has 13 heterocycles. The summed E-state index contributed by atoms with van der Waals surface area (Å²) < 4.78 is 108. The number of morpholine rings is 1. The van der Waals surface area contributed by atoms with Crippen LogP contribution in [0, 0.1) is 29.3 Å². The summed E-state index contributed by atoms with van der Waals surface area (Å²) in [6.45, 7) is 8.86. The first kappa shape index (κ1) is 72.1. The largest absolute Gasteiger partial charge is 0.444 e. The van der Waals surface area contributed by atoms with Gasteiger partial charge in [-0.2, -0.15) is 39.4 Å². The van der Waals surface area contributed by atoms with Gasteiger partial charge < -0.3 is 43.4 Å². The molecule has 32 nitrogen and oxygen atoms in total. The molecule has 1 aliphatic heterocycles. The molecule has 4 fully saturated rings. The van der Waals surface area contributed by atoms with Crippen LogP contribution in [0.15, 0.2) is 125 Å². The van der Waals surface area contributed by atoms with Crippen molar-refractivity contribution >= 4 is 34.8 Å². The number of aromatic amines is 3. The third-order valence-electron chi connectivity index (χ3n) is 18.7. The number of halogens is 5. The second kappa shape index (κ2) is 33.1. The number of hydrogen-bond donors (Lipinski definition) is 6. The Kier molecular flexibility index (Phi) is 22.3. The van der Waals surface area contributed by atoms with Crippen LogP contribution < -0.4 is 16.0 Å². The van der Waals surface area contributed by atoms with Crippen molar-refractivity contribution in [3.8, 4) is 68.5 Å². The molecule has 107 heavy (non-hydrogen) atoms. The van der Waals surface area contributed by atoms with Gasteiger partial charge in [0.15, 0.2) is 28.7 Å². The minimum atomic E-state index is -1.48. The summed E-state index contributed by atoms with van der Waals surface area (Å²) in [4.78, 5) is 69.8. The van der Waals surface area contributed by atoms with E-state index >= 15 is 0 Å². The number of amides is 3. The number of hydrogen-bond acceptors (Lipinski definition) is 23. The van der Waals surface area contributed by atoms with Crippen LogP contribution in [-0.4, -0.2) is 175 Å². The van der Waals surface area contributed by atoms with Crippen molar-refractivity contribution < 1.29 is 63.8 Å². The smallest absolute Gasteiger partial charge is 0.277 e. The molecule has 6 N–H and O–H groups in total. The van der Waals surface area contributed by atoms with E-state index in [1.165, 1.54) is 31.1 Å². The van der Waals surface area contributed by atoms with E-state index < -0.39 is 52.8 Å². The average Bonchev–Trinajstić information content (AvgIpc) is 1.66. The number of carbonyl (C=O) groups excluding carboxylic acids is 3. The summed E-state index contributed by atoms with van der Waals surface area (Å²) in [5, 5.41) is 41.6. The first-order valence-electron chi connectivity index (χ1n) is 34.9. The molecule has 0 aromatic carbocycles. The molecule has 0 unspecified atom stereocenters. The monoisotopic (exact) mass is 1470 g/mol. The van der Waals surface area contributed by atoms with Gasteiger partial charge in [-0.15, -0.1) is 0 Å². The van der Waals surface area contributed by atoms with Gasteiger partial charge in [0.2, 0.25) is 29.6 Å². The number of nitrogens with zero attached hydrogens (tertiary/aromatic N) is 17. The van der Waals surface area contributed by atoms with Crippen LogP contribution in [0.4, 0.5) is 39.0 Å². The van der Waals surface area contributed by atoms with Crippen LogP contribution in [-0.2, 0) is 14.2 Å². The molecule has 0 bridgehead atoms. The standard InChI is InChI=1S/C24H27N9O3.C23H22F3N7O3.C23H23F2N7O3/c34-23(21-15-36-24(30-21)16-11-27-28-12-16)29-20-14-33(31-22(20)19-13-25-5-6-26-19)18-3-1-17(2-4-18)32-7-9-35-10-8-32;1-2-35-14-5-3-13(4-6-14)33-10-17(20(32-33)19-15(24)7-16(25)21(26)31-19)29-22(34)18-11-36-23(30-18)12-8-27-28-9-12;1-2-34-16-5-3-15(4-6-16)32-11-18(21(31-32)17-7-14(24)8-20(25)28-17)29-22(33)19-12-35-23(30-19)13-9-26-27-10-13/h5-6,11-15,17-18H,1-4,7-10H2,(H,27,28)(H,29,34);7-11,13-14H,2-6H2,1H3,(H,27,28)(H,29,34);7-12,15-16H,2-6H2,1H3,(H,26,27)(H,29,33). The summed E-state index contributed by atoms with van der Waals surface area (Å²) in [6.07, 6.45) is 34.1. The molecule has 3 saturated carbocycles. The molecule has 3 aliphatic carbocycles. The number of carbonyl (C=O) groups is 3. The second-order valence-corrected chi connectivity index (χ2v) is 25.6. The maximum absolute atomic E-state index is 14.6. The van der Waals surface area contributed by atoms with Gasteiger partial charge in [-0.05, 0) is 90.9 Å². The lowest BCUT2D eigenvalue weighted by molar-refractivity contribution is 0.00507. The van der Waals surface area contributed by atoms with E-state index in [9.17, 15) is 36.3 Å². The van der Waals surface area contributed by atoms with E-state index in [4.69, 9.17) is 32.6 Å². The van der Waals surface area contributed by atoms with Crippen molar-refractivity contribution in [2.45, 2.75) is 127 Å². The van der Waals surface area contributed by atoms with Crippen LogP contribution in [0.25, 0.3) is 68.5 Å². The highest BCUT2D eigenvalue weighted by Crippen LogP contribution is 2.39. The lowest BCUT2D eigenvalue weighted by atomic mass is 9.90. The molecule has 12 aromatic heterocycles. The first-order chi connectivity index (χ1) is 52.2. The Hall–Kier alpha value is -11.8. The van der Waals surface area contributed by atoms with E-state index in [1.807, 2.05) is 24.7 Å². The minimum Gasteiger partial charge on any atom is -0.444 e. The Labute approximate surface area is 605 Å². The van der Waals surface area contributed by atoms with Crippen molar-refractivity contribution in [1.29, 1.82) is 0 Å². The van der Waals surface area contributed by atoms with E-state index in [0.717, 1.165) is 116 Å². The minimum absolute atomic E-state index is 0.0236. The van der Waals surface area contributed by atoms with Gasteiger partial charge in [0, 0.05) is 100 Å². The van der Waals surface area contributed by atoms with Crippen LogP contribution in [0.3, 0.4) is 0 Å². The van der Waals surface area contributed by atoms with E-state index in [1.54, 1.807) is 58.9 Å². The summed E-state index contributed by atoms with van der Waals surface area (Å²) in [7, 11) is 0. The third-order valence-corrected chi connectivity index (χ3v) is 18.7. The average molecular weight is 1470 g/mol. The Morgan fingerprint density at radius 3 is 1.36 bits per heavy atom. The topological polar surface area (TPSA) is 387 Å². The molecule has 12 aromatic rings. The highest BCUT2D eigenvalue weighted by Gasteiger charge is 2.33. The van der Waals surface area contributed by atoms with Gasteiger partial charge in [0.1, 0.15) is 53.1 Å². The fraction of sp³-hybridized carbons (Fsp3) is 0.371. The number of anilines is 3. The molecular formula is C70H72F5N23O9. The maximum Gasteiger partial charge on any atom is 0.277 e. The maximum atomic E-state index is 14.6. The number of nitrogens with one attached hydrogen (secondary N) is 6. The summed E-state index contributed by atoms with van der Waals surface area (Å²) in [6, 6.07) is 2.99. The lowest BCUT2D eigenvalue weighted by Gasteiger charge is -2.38.